The van der Waals surface area contributed by atoms with Gasteiger partial charge in [-0.25, -0.2) is 0 Å². The predicted octanol–water partition coefficient (Wildman–Crippen LogP) is 2.43. The molecule has 0 aromatic heterocycles. The Morgan fingerprint density at radius 3 is 3.00 bits per heavy atom. The van der Waals surface area contributed by atoms with Crippen LogP contribution in [0.2, 0.25) is 0 Å². The highest BCUT2D eigenvalue weighted by Crippen LogP contribution is 2.21. The molecule has 0 saturated carbocycles. The second-order valence-corrected chi connectivity index (χ2v) is 4.30. The van der Waals surface area contributed by atoms with E-state index in [2.05, 4.69) is 37.4 Å². The summed E-state index contributed by atoms with van der Waals surface area (Å²) in [5.74, 6) is 1.03. The molecule has 1 aromatic rings. The highest BCUT2D eigenvalue weighted by Gasteiger charge is 2.14. The molecule has 2 nitrogen and oxygen atoms in total. The first kappa shape index (κ1) is 10.5. The van der Waals surface area contributed by atoms with E-state index in [9.17, 15) is 0 Å². The van der Waals surface area contributed by atoms with Crippen LogP contribution in [-0.2, 0) is 0 Å². The van der Waals surface area contributed by atoms with Crippen LogP contribution in [0.15, 0.2) is 18.2 Å². The van der Waals surface area contributed by atoms with Gasteiger partial charge in [-0.1, -0.05) is 12.1 Å². The minimum atomic E-state index is 0.546. The Morgan fingerprint density at radius 2 is 2.27 bits per heavy atom. The van der Waals surface area contributed by atoms with E-state index in [0.29, 0.717) is 6.04 Å². The number of rotatable bonds is 3. The summed E-state index contributed by atoms with van der Waals surface area (Å²) < 4.78 is 5.84. The average molecular weight is 205 g/mol. The zero-order valence-corrected chi connectivity index (χ0v) is 9.55. The minimum absolute atomic E-state index is 0.546. The number of aryl methyl sites for hydroxylation is 1. The lowest BCUT2D eigenvalue weighted by atomic mass is 10.1. The zero-order valence-electron chi connectivity index (χ0n) is 9.55. The lowest BCUT2D eigenvalue weighted by Gasteiger charge is -2.14. The molecule has 1 aliphatic heterocycles. The van der Waals surface area contributed by atoms with Crippen LogP contribution < -0.4 is 10.1 Å². The number of hydrogen-bond donors (Lipinski definition) is 1. The van der Waals surface area contributed by atoms with E-state index < -0.39 is 0 Å². The molecule has 2 rings (SSSR count). The summed E-state index contributed by atoms with van der Waals surface area (Å²) >= 11 is 0. The molecule has 1 atom stereocenters. The number of benzene rings is 1. The first-order valence-electron chi connectivity index (χ1n) is 5.70. The third kappa shape index (κ3) is 2.51. The first-order chi connectivity index (χ1) is 7.27. The van der Waals surface area contributed by atoms with Gasteiger partial charge in [0.25, 0.3) is 0 Å². The normalized spacial score (nSPS) is 20.5. The van der Waals surface area contributed by atoms with Gasteiger partial charge in [0.1, 0.15) is 12.4 Å². The fourth-order valence-corrected chi connectivity index (χ4v) is 1.97. The summed E-state index contributed by atoms with van der Waals surface area (Å²) in [5.41, 5.74) is 2.56. The zero-order chi connectivity index (χ0) is 10.7. The quantitative estimate of drug-likeness (QED) is 0.818. The van der Waals surface area contributed by atoms with Gasteiger partial charge in [-0.2, -0.15) is 0 Å². The number of hydrogen-bond acceptors (Lipinski definition) is 2. The Balaban J connectivity index is 1.95. The number of ether oxygens (including phenoxy) is 1. The molecule has 0 spiro atoms. The fraction of sp³-hybridized carbons (Fsp3) is 0.538. The predicted molar refractivity (Wildman–Crippen MR) is 62.4 cm³/mol. The molecule has 0 bridgehead atoms. The summed E-state index contributed by atoms with van der Waals surface area (Å²) in [4.78, 5) is 0. The van der Waals surface area contributed by atoms with Crippen LogP contribution in [0.1, 0.15) is 24.0 Å². The summed E-state index contributed by atoms with van der Waals surface area (Å²) in [5, 5.41) is 3.44. The van der Waals surface area contributed by atoms with Crippen molar-refractivity contribution in [1.82, 2.24) is 5.32 Å². The maximum Gasteiger partial charge on any atom is 0.122 e. The van der Waals surface area contributed by atoms with Gasteiger partial charge < -0.3 is 10.1 Å². The summed E-state index contributed by atoms with van der Waals surface area (Å²) in [6, 6.07) is 6.78. The van der Waals surface area contributed by atoms with E-state index in [0.717, 1.165) is 18.9 Å². The van der Waals surface area contributed by atoms with Crippen LogP contribution in [0.3, 0.4) is 0 Å². The van der Waals surface area contributed by atoms with Crippen LogP contribution in [0.25, 0.3) is 0 Å². The van der Waals surface area contributed by atoms with E-state index in [-0.39, 0.29) is 0 Å². The summed E-state index contributed by atoms with van der Waals surface area (Å²) in [6.07, 6.45) is 2.52. The summed E-state index contributed by atoms with van der Waals surface area (Å²) in [7, 11) is 0. The maximum atomic E-state index is 5.84. The Kier molecular flexibility index (Phi) is 3.27. The van der Waals surface area contributed by atoms with E-state index >= 15 is 0 Å². The third-order valence-corrected chi connectivity index (χ3v) is 3.16. The van der Waals surface area contributed by atoms with Crippen LogP contribution in [0.5, 0.6) is 5.75 Å². The molecule has 1 heterocycles. The average Bonchev–Trinajstić information content (AvgIpc) is 2.73. The molecule has 1 unspecified atom stereocenters. The lowest BCUT2D eigenvalue weighted by Crippen LogP contribution is -2.28. The van der Waals surface area contributed by atoms with Crippen molar-refractivity contribution in [3.8, 4) is 5.75 Å². The lowest BCUT2D eigenvalue weighted by molar-refractivity contribution is 0.275. The van der Waals surface area contributed by atoms with E-state index in [1.54, 1.807) is 0 Å². The highest BCUT2D eigenvalue weighted by molar-refractivity contribution is 5.38. The van der Waals surface area contributed by atoms with Gasteiger partial charge in [0.2, 0.25) is 0 Å². The monoisotopic (exact) mass is 205 g/mol. The second-order valence-electron chi connectivity index (χ2n) is 4.30. The molecule has 1 aliphatic rings. The fourth-order valence-electron chi connectivity index (χ4n) is 1.97. The van der Waals surface area contributed by atoms with Crippen LogP contribution in [-0.4, -0.2) is 19.2 Å². The van der Waals surface area contributed by atoms with Crippen molar-refractivity contribution in [3.63, 3.8) is 0 Å². The molecule has 1 fully saturated rings. The molecule has 0 radical (unpaired) electrons. The smallest absolute Gasteiger partial charge is 0.122 e. The summed E-state index contributed by atoms with van der Waals surface area (Å²) in [6.45, 7) is 6.17. The molecular formula is C13H19NO. The molecular weight excluding hydrogens is 186 g/mol. The molecule has 0 amide bonds. The van der Waals surface area contributed by atoms with Crippen molar-refractivity contribution in [3.05, 3.63) is 29.3 Å². The molecule has 2 heteroatoms. The van der Waals surface area contributed by atoms with Gasteiger partial charge in [-0.05, 0) is 50.4 Å². The third-order valence-electron chi connectivity index (χ3n) is 3.16. The van der Waals surface area contributed by atoms with Crippen molar-refractivity contribution >= 4 is 0 Å². The van der Waals surface area contributed by atoms with E-state index in [4.69, 9.17) is 4.74 Å². The first-order valence-corrected chi connectivity index (χ1v) is 5.70. The standard InChI is InChI=1S/C13H19NO/c1-10-5-3-7-13(11(10)2)15-9-12-6-4-8-14-12/h3,5,7,12,14H,4,6,8-9H2,1-2H3. The van der Waals surface area contributed by atoms with E-state index in [1.807, 2.05) is 0 Å². The highest BCUT2D eigenvalue weighted by atomic mass is 16.5. The topological polar surface area (TPSA) is 21.3 Å². The van der Waals surface area contributed by atoms with Gasteiger partial charge in [-0.15, -0.1) is 0 Å². The van der Waals surface area contributed by atoms with Gasteiger partial charge in [-0.3, -0.25) is 0 Å². The Hall–Kier alpha value is -1.02. The molecule has 1 aromatic carbocycles. The van der Waals surface area contributed by atoms with Gasteiger partial charge in [0, 0.05) is 6.04 Å². The Bertz CT molecular complexity index is 329. The van der Waals surface area contributed by atoms with Crippen LogP contribution in [0, 0.1) is 13.8 Å². The SMILES string of the molecule is Cc1cccc(OCC2CCCN2)c1C. The Morgan fingerprint density at radius 1 is 1.40 bits per heavy atom. The molecule has 1 N–H and O–H groups in total. The molecule has 15 heavy (non-hydrogen) atoms. The van der Waals surface area contributed by atoms with Gasteiger partial charge in [0.05, 0.1) is 0 Å². The largest absolute Gasteiger partial charge is 0.492 e. The molecule has 82 valence electrons. The van der Waals surface area contributed by atoms with Crippen molar-refractivity contribution < 1.29 is 4.74 Å². The van der Waals surface area contributed by atoms with Crippen molar-refractivity contribution in [2.24, 2.45) is 0 Å². The van der Waals surface area contributed by atoms with Crippen molar-refractivity contribution in [2.75, 3.05) is 13.2 Å². The second kappa shape index (κ2) is 4.67. The number of nitrogens with one attached hydrogen (secondary N) is 1. The molecule has 1 saturated heterocycles. The van der Waals surface area contributed by atoms with Crippen molar-refractivity contribution in [2.45, 2.75) is 32.7 Å². The van der Waals surface area contributed by atoms with Crippen molar-refractivity contribution in [1.29, 1.82) is 0 Å². The Labute approximate surface area is 91.6 Å². The maximum absolute atomic E-state index is 5.84. The van der Waals surface area contributed by atoms with E-state index in [1.165, 1.54) is 24.0 Å². The van der Waals surface area contributed by atoms with Gasteiger partial charge in [0.15, 0.2) is 0 Å². The molecule has 0 aliphatic carbocycles. The van der Waals surface area contributed by atoms with Crippen LogP contribution >= 0.6 is 0 Å². The minimum Gasteiger partial charge on any atom is -0.492 e. The van der Waals surface area contributed by atoms with Crippen LogP contribution in [0.4, 0.5) is 0 Å². The van der Waals surface area contributed by atoms with Gasteiger partial charge >= 0.3 is 0 Å².